The van der Waals surface area contributed by atoms with Gasteiger partial charge in [-0.1, -0.05) is 19.1 Å². The smallest absolute Gasteiger partial charge is 0.0479 e. The molecule has 2 N–H and O–H groups in total. The van der Waals surface area contributed by atoms with Crippen molar-refractivity contribution in [3.63, 3.8) is 0 Å². The Morgan fingerprint density at radius 2 is 2.00 bits per heavy atom. The van der Waals surface area contributed by atoms with Gasteiger partial charge in [0.25, 0.3) is 0 Å². The summed E-state index contributed by atoms with van der Waals surface area (Å²) in [6.07, 6.45) is 2.79. The third-order valence-corrected chi connectivity index (χ3v) is 2.77. The summed E-state index contributed by atoms with van der Waals surface area (Å²) in [4.78, 5) is 4.41. The molecule has 0 atom stereocenters. The monoisotopic (exact) mass is 212 g/mol. The number of aryl methyl sites for hydroxylation is 2. The van der Waals surface area contributed by atoms with E-state index >= 15 is 0 Å². The molecule has 0 amide bonds. The number of pyridine rings is 1. The molecule has 2 aromatic rings. The van der Waals surface area contributed by atoms with Gasteiger partial charge in [0.1, 0.15) is 0 Å². The highest BCUT2D eigenvalue weighted by Crippen LogP contribution is 2.27. The average Bonchev–Trinajstić information content (AvgIpc) is 2.29. The van der Waals surface area contributed by atoms with Crippen molar-refractivity contribution in [1.82, 2.24) is 4.98 Å². The zero-order chi connectivity index (χ0) is 11.5. The minimum atomic E-state index is 0.809. The van der Waals surface area contributed by atoms with Gasteiger partial charge in [0.15, 0.2) is 0 Å². The van der Waals surface area contributed by atoms with Crippen LogP contribution >= 0.6 is 0 Å². The van der Waals surface area contributed by atoms with Crippen LogP contribution in [-0.2, 0) is 6.42 Å². The van der Waals surface area contributed by atoms with E-state index in [0.29, 0.717) is 0 Å². The van der Waals surface area contributed by atoms with Crippen molar-refractivity contribution in [3.05, 3.63) is 47.8 Å². The molecular weight excluding hydrogens is 196 g/mol. The van der Waals surface area contributed by atoms with Crippen LogP contribution in [0.15, 0.2) is 36.5 Å². The zero-order valence-corrected chi connectivity index (χ0v) is 9.70. The molecule has 0 fully saturated rings. The number of nitrogen functional groups attached to an aromatic ring is 1. The average molecular weight is 212 g/mol. The van der Waals surface area contributed by atoms with Gasteiger partial charge in [0.2, 0.25) is 0 Å². The summed E-state index contributed by atoms with van der Waals surface area (Å²) >= 11 is 0. The molecule has 0 saturated carbocycles. The van der Waals surface area contributed by atoms with E-state index in [1.807, 2.05) is 24.4 Å². The van der Waals surface area contributed by atoms with E-state index in [-0.39, 0.29) is 0 Å². The third-order valence-electron chi connectivity index (χ3n) is 2.77. The van der Waals surface area contributed by atoms with Crippen LogP contribution in [0.25, 0.3) is 11.1 Å². The standard InChI is InChI=1S/C14H16N2/c1-3-14-13(5-4-8-16-14)12-7-6-11(15)9-10(12)2/h4-9H,3,15H2,1-2H3. The molecule has 1 heterocycles. The van der Waals surface area contributed by atoms with Crippen molar-refractivity contribution in [2.24, 2.45) is 0 Å². The molecule has 2 nitrogen and oxygen atoms in total. The van der Waals surface area contributed by atoms with E-state index in [9.17, 15) is 0 Å². The van der Waals surface area contributed by atoms with E-state index in [4.69, 9.17) is 5.73 Å². The number of hydrogen-bond acceptors (Lipinski definition) is 2. The maximum absolute atomic E-state index is 5.76. The normalized spacial score (nSPS) is 10.4. The maximum Gasteiger partial charge on any atom is 0.0479 e. The molecule has 16 heavy (non-hydrogen) atoms. The SMILES string of the molecule is CCc1ncccc1-c1ccc(N)cc1C. The van der Waals surface area contributed by atoms with Crippen LogP contribution in [-0.4, -0.2) is 4.98 Å². The predicted molar refractivity (Wildman–Crippen MR) is 68.2 cm³/mol. The molecule has 0 aliphatic carbocycles. The van der Waals surface area contributed by atoms with Crippen LogP contribution in [0.2, 0.25) is 0 Å². The molecule has 0 radical (unpaired) electrons. The van der Waals surface area contributed by atoms with Gasteiger partial charge in [-0.15, -0.1) is 0 Å². The van der Waals surface area contributed by atoms with E-state index < -0.39 is 0 Å². The molecule has 0 aliphatic rings. The molecule has 0 unspecified atom stereocenters. The first-order valence-corrected chi connectivity index (χ1v) is 5.52. The molecule has 0 bridgehead atoms. The Bertz CT molecular complexity index is 504. The summed E-state index contributed by atoms with van der Waals surface area (Å²) in [6, 6.07) is 10.1. The van der Waals surface area contributed by atoms with Gasteiger partial charge < -0.3 is 5.73 Å². The lowest BCUT2D eigenvalue weighted by Gasteiger charge is -2.10. The van der Waals surface area contributed by atoms with Crippen LogP contribution in [0.5, 0.6) is 0 Å². The highest BCUT2D eigenvalue weighted by molar-refractivity contribution is 5.71. The molecule has 82 valence electrons. The second-order valence-corrected chi connectivity index (χ2v) is 3.93. The Kier molecular flexibility index (Phi) is 2.91. The Labute approximate surface area is 96.1 Å². The van der Waals surface area contributed by atoms with E-state index in [1.165, 1.54) is 16.7 Å². The maximum atomic E-state index is 5.76. The van der Waals surface area contributed by atoms with Crippen molar-refractivity contribution in [2.45, 2.75) is 20.3 Å². The second-order valence-electron chi connectivity index (χ2n) is 3.93. The number of hydrogen-bond donors (Lipinski definition) is 1. The lowest BCUT2D eigenvalue weighted by molar-refractivity contribution is 1.04. The Balaban J connectivity index is 2.58. The van der Waals surface area contributed by atoms with E-state index in [2.05, 4.69) is 31.0 Å². The van der Waals surface area contributed by atoms with Crippen LogP contribution in [0.1, 0.15) is 18.2 Å². The fraction of sp³-hybridized carbons (Fsp3) is 0.214. The van der Waals surface area contributed by atoms with Gasteiger partial charge in [-0.3, -0.25) is 4.98 Å². The van der Waals surface area contributed by atoms with Gasteiger partial charge in [-0.25, -0.2) is 0 Å². The molecule has 0 aliphatic heterocycles. The van der Waals surface area contributed by atoms with Crippen molar-refractivity contribution >= 4 is 5.69 Å². The summed E-state index contributed by atoms with van der Waals surface area (Å²) in [5, 5.41) is 0. The highest BCUT2D eigenvalue weighted by Gasteiger charge is 2.06. The molecule has 1 aromatic carbocycles. The third kappa shape index (κ3) is 1.91. The minimum Gasteiger partial charge on any atom is -0.399 e. The van der Waals surface area contributed by atoms with Gasteiger partial charge in [-0.2, -0.15) is 0 Å². The van der Waals surface area contributed by atoms with Crippen molar-refractivity contribution in [3.8, 4) is 11.1 Å². The number of benzene rings is 1. The first-order valence-electron chi connectivity index (χ1n) is 5.52. The highest BCUT2D eigenvalue weighted by atomic mass is 14.7. The first kappa shape index (κ1) is 10.7. The summed E-state index contributed by atoms with van der Waals surface area (Å²) in [5.74, 6) is 0. The lowest BCUT2D eigenvalue weighted by Crippen LogP contribution is -1.94. The van der Waals surface area contributed by atoms with Gasteiger partial charge >= 0.3 is 0 Å². The fourth-order valence-corrected chi connectivity index (χ4v) is 1.95. The largest absolute Gasteiger partial charge is 0.399 e. The molecular formula is C14H16N2. The summed E-state index contributed by atoms with van der Waals surface area (Å²) in [6.45, 7) is 4.20. The minimum absolute atomic E-state index is 0.809. The molecule has 2 rings (SSSR count). The van der Waals surface area contributed by atoms with Crippen LogP contribution < -0.4 is 5.73 Å². The first-order chi connectivity index (χ1) is 7.72. The van der Waals surface area contributed by atoms with Gasteiger partial charge in [0.05, 0.1) is 0 Å². The van der Waals surface area contributed by atoms with Gasteiger partial charge in [-0.05, 0) is 42.7 Å². The number of nitrogens with zero attached hydrogens (tertiary/aromatic N) is 1. The van der Waals surface area contributed by atoms with Crippen molar-refractivity contribution in [1.29, 1.82) is 0 Å². The predicted octanol–water partition coefficient (Wildman–Crippen LogP) is 3.20. The van der Waals surface area contributed by atoms with Crippen LogP contribution in [0, 0.1) is 6.92 Å². The van der Waals surface area contributed by atoms with Crippen molar-refractivity contribution in [2.75, 3.05) is 5.73 Å². The summed E-state index contributed by atoms with van der Waals surface area (Å²) in [5.41, 5.74) is 11.3. The lowest BCUT2D eigenvalue weighted by atomic mass is 9.98. The van der Waals surface area contributed by atoms with E-state index in [0.717, 1.165) is 17.8 Å². The van der Waals surface area contributed by atoms with Gasteiger partial charge in [0, 0.05) is 23.1 Å². The van der Waals surface area contributed by atoms with Crippen LogP contribution in [0.3, 0.4) is 0 Å². The molecule has 1 aromatic heterocycles. The Hall–Kier alpha value is -1.83. The Morgan fingerprint density at radius 1 is 1.19 bits per heavy atom. The number of nitrogens with two attached hydrogens (primary N) is 1. The number of aromatic nitrogens is 1. The number of rotatable bonds is 2. The second kappa shape index (κ2) is 4.35. The topological polar surface area (TPSA) is 38.9 Å². The Morgan fingerprint density at radius 3 is 2.69 bits per heavy atom. The fourth-order valence-electron chi connectivity index (χ4n) is 1.95. The summed E-state index contributed by atoms with van der Waals surface area (Å²) in [7, 11) is 0. The quantitative estimate of drug-likeness (QED) is 0.776. The number of anilines is 1. The van der Waals surface area contributed by atoms with Crippen molar-refractivity contribution < 1.29 is 0 Å². The van der Waals surface area contributed by atoms with E-state index in [1.54, 1.807) is 0 Å². The zero-order valence-electron chi connectivity index (χ0n) is 9.70. The molecule has 0 saturated heterocycles. The van der Waals surface area contributed by atoms with Crippen LogP contribution in [0.4, 0.5) is 5.69 Å². The summed E-state index contributed by atoms with van der Waals surface area (Å²) < 4.78 is 0. The molecule has 2 heteroatoms. The molecule has 0 spiro atoms.